The van der Waals surface area contributed by atoms with Crippen molar-refractivity contribution in [1.82, 2.24) is 20.1 Å². The quantitative estimate of drug-likeness (QED) is 0.119. The van der Waals surface area contributed by atoms with Gasteiger partial charge >= 0.3 is 18.0 Å². The molecule has 9 atom stereocenters. The van der Waals surface area contributed by atoms with Gasteiger partial charge in [-0.05, 0) is 80.0 Å². The van der Waals surface area contributed by atoms with E-state index in [9.17, 15) is 14.7 Å². The second-order valence-corrected chi connectivity index (χ2v) is 19.6. The van der Waals surface area contributed by atoms with Crippen molar-refractivity contribution in [2.45, 2.75) is 87.5 Å². The standard InChI is InChI=1S/C53H63N5O9/c1-8-33-25-34-28-52(48(60)65-7,44-36(19-23-57(29-33)30-34)35-15-10-11-16-39(35)55-44)38-26-37-40(27-43(38)64-6)56(4)46-51(37)21-24-58-22-14-20-50(9-2,45(51)58)47(66-32(3)59)53(46,62)31-54-49(61)67-42-18-13-12-17-41(42)63-5/h10-18,20,25-27,34,45-47,55,62H,8-9,19,21-24,28-31H2,1-7H3,(H,54,61)/t34-,45-,46+,47+,50+,51+,52-,53?/m0/s1. The van der Waals surface area contributed by atoms with Crippen molar-refractivity contribution >= 4 is 34.6 Å². The van der Waals surface area contributed by atoms with Crippen LogP contribution in [0.5, 0.6) is 17.2 Å². The molecule has 2 bridgehead atoms. The fourth-order valence-corrected chi connectivity index (χ4v) is 14.1. The maximum atomic E-state index is 15.5. The van der Waals surface area contributed by atoms with Crippen LogP contribution in [0.2, 0.25) is 0 Å². The molecule has 1 aromatic heterocycles. The van der Waals surface area contributed by atoms with Crippen LogP contribution in [0.3, 0.4) is 0 Å². The van der Waals surface area contributed by atoms with E-state index in [2.05, 4.69) is 75.3 Å². The molecule has 5 aliphatic heterocycles. The normalized spacial score (nSPS) is 31.5. The van der Waals surface area contributed by atoms with Gasteiger partial charge in [0.25, 0.3) is 0 Å². The number of nitrogens with one attached hydrogen (secondary N) is 2. The first-order valence-electron chi connectivity index (χ1n) is 23.8. The van der Waals surface area contributed by atoms with Crippen LogP contribution in [0.4, 0.5) is 10.5 Å². The van der Waals surface area contributed by atoms with Crippen molar-refractivity contribution in [3.63, 3.8) is 0 Å². The lowest BCUT2D eigenvalue weighted by atomic mass is 9.47. The summed E-state index contributed by atoms with van der Waals surface area (Å²) >= 11 is 0. The Morgan fingerprint density at radius 3 is 2.43 bits per heavy atom. The molecule has 1 saturated heterocycles. The minimum atomic E-state index is -1.90. The number of fused-ring (bicyclic) bond motifs is 6. The van der Waals surface area contributed by atoms with Gasteiger partial charge in [-0.25, -0.2) is 4.79 Å². The Bertz CT molecular complexity index is 2700. The van der Waals surface area contributed by atoms with Crippen LogP contribution in [-0.4, -0.2) is 129 Å². The highest BCUT2D eigenvalue weighted by atomic mass is 16.6. The molecule has 1 amide bonds. The monoisotopic (exact) mass is 913 g/mol. The summed E-state index contributed by atoms with van der Waals surface area (Å²) < 4.78 is 30.2. The lowest BCUT2D eigenvalue weighted by Gasteiger charge is -2.64. The van der Waals surface area contributed by atoms with Gasteiger partial charge in [0.05, 0.1) is 33.9 Å². The predicted octanol–water partition coefficient (Wildman–Crippen LogP) is 6.42. The average molecular weight is 914 g/mol. The number of nitrogens with zero attached hydrogens (tertiary/aromatic N) is 3. The number of aliphatic hydroxyl groups is 1. The smallest absolute Gasteiger partial charge is 0.412 e. The van der Waals surface area contributed by atoms with E-state index in [1.54, 1.807) is 31.4 Å². The van der Waals surface area contributed by atoms with Crippen LogP contribution in [0.15, 0.2) is 84.5 Å². The Morgan fingerprint density at radius 1 is 0.940 bits per heavy atom. The van der Waals surface area contributed by atoms with E-state index in [1.807, 2.05) is 25.2 Å². The Kier molecular flexibility index (Phi) is 11.2. The van der Waals surface area contributed by atoms with Crippen LogP contribution < -0.4 is 24.4 Å². The summed E-state index contributed by atoms with van der Waals surface area (Å²) in [5, 5.41) is 17.9. The number of rotatable bonds is 10. The number of aromatic amines is 1. The van der Waals surface area contributed by atoms with Crippen LogP contribution in [-0.2, 0) is 36.3 Å². The van der Waals surface area contributed by atoms with E-state index in [0.717, 1.165) is 65.9 Å². The van der Waals surface area contributed by atoms with Gasteiger partial charge in [0.15, 0.2) is 11.5 Å². The zero-order valence-corrected chi connectivity index (χ0v) is 39.6. The van der Waals surface area contributed by atoms with Crippen molar-refractivity contribution < 1.29 is 43.2 Å². The van der Waals surface area contributed by atoms with Crippen LogP contribution in [0.25, 0.3) is 10.9 Å². The van der Waals surface area contributed by atoms with Gasteiger partial charge in [0, 0.05) is 90.9 Å². The summed E-state index contributed by atoms with van der Waals surface area (Å²) in [5.41, 5.74) is 1.69. The maximum absolute atomic E-state index is 15.5. The van der Waals surface area contributed by atoms with Crippen molar-refractivity contribution in [2.24, 2.45) is 11.3 Å². The van der Waals surface area contributed by atoms with Gasteiger partial charge in [-0.1, -0.05) is 68.0 Å². The largest absolute Gasteiger partial charge is 0.496 e. The number of hydrogen-bond acceptors (Lipinski definition) is 12. The average Bonchev–Trinajstić information content (AvgIpc) is 4.00. The number of aromatic nitrogens is 1. The first-order chi connectivity index (χ1) is 32.3. The van der Waals surface area contributed by atoms with Crippen molar-refractivity contribution in [3.8, 4) is 17.2 Å². The van der Waals surface area contributed by atoms with E-state index in [1.165, 1.54) is 26.7 Å². The number of carbonyl (C=O) groups is 3. The zero-order chi connectivity index (χ0) is 47.0. The summed E-state index contributed by atoms with van der Waals surface area (Å²) in [4.78, 5) is 53.6. The molecule has 1 aliphatic carbocycles. The molecule has 4 aromatic rings. The lowest BCUT2D eigenvalue weighted by Crippen LogP contribution is -2.81. The Morgan fingerprint density at radius 2 is 1.70 bits per heavy atom. The van der Waals surface area contributed by atoms with Crippen molar-refractivity contribution in [1.29, 1.82) is 0 Å². The summed E-state index contributed by atoms with van der Waals surface area (Å²) in [7, 11) is 6.58. The van der Waals surface area contributed by atoms with Crippen molar-refractivity contribution in [3.05, 3.63) is 107 Å². The van der Waals surface area contributed by atoms with E-state index in [0.29, 0.717) is 49.4 Å². The molecule has 354 valence electrons. The highest BCUT2D eigenvalue weighted by molar-refractivity contribution is 5.94. The molecule has 10 rings (SSSR count). The molecule has 14 heteroatoms. The number of methoxy groups -OCH3 is 3. The Balaban J connectivity index is 1.21. The van der Waals surface area contributed by atoms with Gasteiger partial charge < -0.3 is 44.0 Å². The topological polar surface area (TPSA) is 155 Å². The van der Waals surface area contributed by atoms with E-state index in [4.69, 9.17) is 23.7 Å². The molecule has 14 nitrogen and oxygen atoms in total. The van der Waals surface area contributed by atoms with E-state index < -0.39 is 46.1 Å². The summed E-state index contributed by atoms with van der Waals surface area (Å²) in [6.07, 6.45) is 7.97. The summed E-state index contributed by atoms with van der Waals surface area (Å²) in [5.74, 6) is 0.194. The number of likely N-dealkylation sites (N-methyl/N-ethyl adjacent to an activating group) is 1. The summed E-state index contributed by atoms with van der Waals surface area (Å²) in [6.45, 7) is 9.22. The first-order valence-corrected chi connectivity index (χ1v) is 23.8. The molecule has 1 saturated carbocycles. The third-order valence-corrected chi connectivity index (χ3v) is 16.4. The van der Waals surface area contributed by atoms with Crippen LogP contribution in [0.1, 0.15) is 68.8 Å². The molecule has 2 fully saturated rings. The van der Waals surface area contributed by atoms with Gasteiger partial charge in [0.2, 0.25) is 0 Å². The number of esters is 2. The maximum Gasteiger partial charge on any atom is 0.412 e. The number of amides is 1. The van der Waals surface area contributed by atoms with Gasteiger partial charge in [-0.15, -0.1) is 0 Å². The fraction of sp³-hybridized carbons (Fsp3) is 0.491. The Hall–Kier alpha value is -5.83. The minimum absolute atomic E-state index is 0.0100. The number of H-pyrrole nitrogens is 1. The number of carbonyl (C=O) groups excluding carboxylic acids is 3. The number of ether oxygens (including phenoxy) is 5. The second kappa shape index (κ2) is 16.7. The highest BCUT2D eigenvalue weighted by Crippen LogP contribution is 2.68. The van der Waals surface area contributed by atoms with Crippen molar-refractivity contribution in [2.75, 3.05) is 72.5 Å². The fourth-order valence-electron chi connectivity index (χ4n) is 14.1. The molecule has 67 heavy (non-hydrogen) atoms. The molecular formula is C53H63N5O9. The second-order valence-electron chi connectivity index (χ2n) is 19.6. The SMILES string of the molecule is CCC1=C[C@@H]2CN(CCc3c([nH]c4ccccc34)[C@@](C(=O)OC)(c3cc4c(cc3OC)N(C)[C@H]3C(O)(CNC(=O)Oc5ccccc5OC)[C@H](OC(C)=O)[C@]5(CC)C=CCN6CC[C@]43[C@@H]65)C2)C1. The molecule has 1 spiro atoms. The molecule has 6 heterocycles. The summed E-state index contributed by atoms with van der Waals surface area (Å²) in [6, 6.07) is 18.3. The predicted molar refractivity (Wildman–Crippen MR) is 254 cm³/mol. The van der Waals surface area contributed by atoms with Crippen LogP contribution >= 0.6 is 0 Å². The molecule has 3 aromatic carbocycles. The first kappa shape index (κ1) is 45.0. The van der Waals surface area contributed by atoms with Gasteiger partial charge in [-0.3, -0.25) is 19.4 Å². The number of hydrogen-bond donors (Lipinski definition) is 3. The zero-order valence-electron chi connectivity index (χ0n) is 39.6. The van der Waals surface area contributed by atoms with Crippen LogP contribution in [0, 0.1) is 11.3 Å². The number of benzene rings is 3. The molecular weight excluding hydrogens is 851 g/mol. The van der Waals surface area contributed by atoms with E-state index >= 15 is 4.79 Å². The van der Waals surface area contributed by atoms with Gasteiger partial charge in [0.1, 0.15) is 22.9 Å². The molecule has 6 aliphatic rings. The Labute approximate surface area is 392 Å². The lowest BCUT2D eigenvalue weighted by molar-refractivity contribution is -0.216. The third kappa shape index (κ3) is 6.56. The molecule has 0 radical (unpaired) electrons. The highest BCUT2D eigenvalue weighted by Gasteiger charge is 2.78. The number of anilines is 1. The minimum Gasteiger partial charge on any atom is -0.496 e. The molecule has 3 N–H and O–H groups in total. The van der Waals surface area contributed by atoms with E-state index in [-0.39, 0.29) is 30.2 Å². The number of para-hydroxylation sites is 3. The third-order valence-electron chi connectivity index (χ3n) is 16.4. The van der Waals surface area contributed by atoms with Gasteiger partial charge in [-0.2, -0.15) is 0 Å². The molecule has 2 unspecified atom stereocenters.